The van der Waals surface area contributed by atoms with Crippen LogP contribution in [0.4, 0.5) is 0 Å². The number of aromatic nitrogens is 2. The quantitative estimate of drug-likeness (QED) is 0.810. The maximum absolute atomic E-state index is 12.4. The van der Waals surface area contributed by atoms with Gasteiger partial charge in [0.1, 0.15) is 11.4 Å². The summed E-state index contributed by atoms with van der Waals surface area (Å²) in [6.07, 6.45) is 3.78. The number of aryl methyl sites for hydroxylation is 1. The highest BCUT2D eigenvalue weighted by atomic mass is 32.2. The molecule has 21 heavy (non-hydrogen) atoms. The van der Waals surface area contributed by atoms with E-state index in [0.717, 1.165) is 42.4 Å². The molecule has 0 saturated heterocycles. The highest BCUT2D eigenvalue weighted by Crippen LogP contribution is 2.39. The van der Waals surface area contributed by atoms with Gasteiger partial charge in [-0.15, -0.1) is 0 Å². The van der Waals surface area contributed by atoms with Crippen LogP contribution in [0.15, 0.2) is 4.34 Å². The largest absolute Gasteiger partial charge is 0.465 e. The Morgan fingerprint density at radius 3 is 3.00 bits per heavy atom. The molecular weight excluding hydrogens is 306 g/mol. The van der Waals surface area contributed by atoms with Crippen LogP contribution < -0.4 is 5.32 Å². The van der Waals surface area contributed by atoms with Crippen LogP contribution >= 0.6 is 23.3 Å². The molecule has 0 radical (unpaired) electrons. The monoisotopic (exact) mass is 329 g/mol. The number of hydrogen-bond donors (Lipinski definition) is 1. The molecule has 1 aromatic heterocycles. The molecule has 1 aromatic rings. The lowest BCUT2D eigenvalue weighted by Gasteiger charge is -2.38. The second-order valence-electron chi connectivity index (χ2n) is 5.28. The van der Waals surface area contributed by atoms with Gasteiger partial charge in [-0.25, -0.2) is 4.98 Å². The molecule has 0 bridgehead atoms. The SMILES string of the molecule is CCNC1(C(=O)OCC)CCCC(Sc2nc(C)ns2)C1. The van der Waals surface area contributed by atoms with E-state index in [1.54, 1.807) is 11.8 Å². The topological polar surface area (TPSA) is 64.1 Å². The molecule has 1 aliphatic rings. The summed E-state index contributed by atoms with van der Waals surface area (Å²) in [6.45, 7) is 7.00. The summed E-state index contributed by atoms with van der Waals surface area (Å²) in [6, 6.07) is 0. The summed E-state index contributed by atoms with van der Waals surface area (Å²) in [4.78, 5) is 16.8. The minimum atomic E-state index is -0.527. The summed E-state index contributed by atoms with van der Waals surface area (Å²) in [5, 5.41) is 3.77. The van der Waals surface area contributed by atoms with Crippen molar-refractivity contribution in [2.24, 2.45) is 0 Å². The van der Waals surface area contributed by atoms with Crippen molar-refractivity contribution in [1.29, 1.82) is 0 Å². The number of likely N-dealkylation sites (N-methyl/N-ethyl adjacent to an activating group) is 1. The number of nitrogens with one attached hydrogen (secondary N) is 1. The molecule has 1 aliphatic carbocycles. The molecule has 1 N–H and O–H groups in total. The number of nitrogens with zero attached hydrogens (tertiary/aromatic N) is 2. The summed E-state index contributed by atoms with van der Waals surface area (Å²) in [5.41, 5.74) is -0.527. The summed E-state index contributed by atoms with van der Waals surface area (Å²) in [7, 11) is 0. The summed E-state index contributed by atoms with van der Waals surface area (Å²) < 4.78 is 10.5. The number of hydrogen-bond acceptors (Lipinski definition) is 7. The minimum Gasteiger partial charge on any atom is -0.465 e. The third kappa shape index (κ3) is 4.17. The van der Waals surface area contributed by atoms with Gasteiger partial charge in [-0.05, 0) is 57.6 Å². The molecular formula is C14H23N3O2S2. The van der Waals surface area contributed by atoms with Gasteiger partial charge in [0.05, 0.1) is 6.61 Å². The third-order valence-corrected chi connectivity index (χ3v) is 5.81. The van der Waals surface area contributed by atoms with E-state index in [1.807, 2.05) is 20.8 Å². The van der Waals surface area contributed by atoms with Crippen LogP contribution in [0.3, 0.4) is 0 Å². The molecule has 1 saturated carbocycles. The van der Waals surface area contributed by atoms with Gasteiger partial charge in [-0.2, -0.15) is 4.37 Å². The average Bonchev–Trinajstić information content (AvgIpc) is 2.85. The smallest absolute Gasteiger partial charge is 0.326 e. The molecule has 1 fully saturated rings. The molecule has 1 heterocycles. The number of carbonyl (C=O) groups excluding carboxylic acids is 1. The first-order valence-corrected chi connectivity index (χ1v) is 9.14. The number of carbonyl (C=O) groups is 1. The second kappa shape index (κ2) is 7.56. The number of thioether (sulfide) groups is 1. The van der Waals surface area contributed by atoms with Crippen molar-refractivity contribution in [3.05, 3.63) is 5.82 Å². The van der Waals surface area contributed by atoms with Crippen molar-refractivity contribution in [1.82, 2.24) is 14.7 Å². The number of ether oxygens (including phenoxy) is 1. The molecule has 0 aliphatic heterocycles. The number of esters is 1. The summed E-state index contributed by atoms with van der Waals surface area (Å²) >= 11 is 3.19. The van der Waals surface area contributed by atoms with Crippen LogP contribution in [0.5, 0.6) is 0 Å². The Kier molecular flexibility index (Phi) is 6.01. The highest BCUT2D eigenvalue weighted by Gasteiger charge is 2.43. The normalized spacial score (nSPS) is 25.8. The fraction of sp³-hybridized carbons (Fsp3) is 0.786. The van der Waals surface area contributed by atoms with Gasteiger partial charge in [0.15, 0.2) is 4.34 Å². The Bertz CT molecular complexity index is 477. The lowest BCUT2D eigenvalue weighted by Crippen LogP contribution is -2.56. The van der Waals surface area contributed by atoms with Crippen molar-refractivity contribution in [2.75, 3.05) is 13.2 Å². The zero-order chi connectivity index (χ0) is 15.3. The standard InChI is InChI=1S/C14H23N3O2S2/c1-4-15-14(12(18)19-5-2)8-6-7-11(9-14)20-13-16-10(3)17-21-13/h11,15H,4-9H2,1-3H3. The van der Waals surface area contributed by atoms with Gasteiger partial charge in [0, 0.05) is 5.25 Å². The van der Waals surface area contributed by atoms with E-state index in [0.29, 0.717) is 11.9 Å². The molecule has 118 valence electrons. The fourth-order valence-corrected chi connectivity index (χ4v) is 5.06. The Morgan fingerprint density at radius 2 is 2.38 bits per heavy atom. The predicted octanol–water partition coefficient (Wildman–Crippen LogP) is 2.79. The molecule has 2 rings (SSSR count). The van der Waals surface area contributed by atoms with Crippen LogP contribution in [-0.4, -0.2) is 39.3 Å². The zero-order valence-electron chi connectivity index (χ0n) is 12.8. The van der Waals surface area contributed by atoms with E-state index in [-0.39, 0.29) is 5.97 Å². The molecule has 2 atom stereocenters. The fourth-order valence-electron chi connectivity index (χ4n) is 2.82. The van der Waals surface area contributed by atoms with Crippen LogP contribution in [0, 0.1) is 6.92 Å². The van der Waals surface area contributed by atoms with Crippen LogP contribution in [0.1, 0.15) is 45.4 Å². The van der Waals surface area contributed by atoms with E-state index < -0.39 is 5.54 Å². The van der Waals surface area contributed by atoms with Crippen molar-refractivity contribution >= 4 is 29.3 Å². The van der Waals surface area contributed by atoms with Gasteiger partial charge in [-0.3, -0.25) is 4.79 Å². The first-order chi connectivity index (χ1) is 10.1. The zero-order valence-corrected chi connectivity index (χ0v) is 14.5. The van der Waals surface area contributed by atoms with Crippen molar-refractivity contribution in [2.45, 2.75) is 61.6 Å². The Balaban J connectivity index is 2.06. The first kappa shape index (κ1) is 16.7. The maximum Gasteiger partial charge on any atom is 0.326 e. The van der Waals surface area contributed by atoms with E-state index in [4.69, 9.17) is 4.74 Å². The molecule has 5 nitrogen and oxygen atoms in total. The minimum absolute atomic E-state index is 0.106. The Labute approximate surface area is 134 Å². The van der Waals surface area contributed by atoms with Gasteiger partial charge in [-0.1, -0.05) is 18.7 Å². The number of rotatable bonds is 6. The maximum atomic E-state index is 12.4. The van der Waals surface area contributed by atoms with E-state index in [9.17, 15) is 4.79 Å². The molecule has 2 unspecified atom stereocenters. The Morgan fingerprint density at radius 1 is 1.57 bits per heavy atom. The molecule has 0 aromatic carbocycles. The third-order valence-electron chi connectivity index (χ3n) is 3.66. The van der Waals surface area contributed by atoms with Gasteiger partial charge >= 0.3 is 5.97 Å². The molecule has 0 amide bonds. The van der Waals surface area contributed by atoms with Gasteiger partial charge < -0.3 is 10.1 Å². The van der Waals surface area contributed by atoms with Crippen LogP contribution in [-0.2, 0) is 9.53 Å². The van der Waals surface area contributed by atoms with Crippen LogP contribution in [0.25, 0.3) is 0 Å². The van der Waals surface area contributed by atoms with E-state index in [1.165, 1.54) is 11.5 Å². The second-order valence-corrected chi connectivity index (χ2v) is 7.58. The van der Waals surface area contributed by atoms with Crippen molar-refractivity contribution in [3.63, 3.8) is 0 Å². The van der Waals surface area contributed by atoms with Gasteiger partial charge in [0.2, 0.25) is 0 Å². The van der Waals surface area contributed by atoms with Crippen molar-refractivity contribution < 1.29 is 9.53 Å². The molecule has 7 heteroatoms. The summed E-state index contributed by atoms with van der Waals surface area (Å²) in [5.74, 6) is 0.715. The lowest BCUT2D eigenvalue weighted by molar-refractivity contribution is -0.152. The lowest BCUT2D eigenvalue weighted by atomic mass is 9.81. The van der Waals surface area contributed by atoms with E-state index >= 15 is 0 Å². The van der Waals surface area contributed by atoms with E-state index in [2.05, 4.69) is 14.7 Å². The van der Waals surface area contributed by atoms with Crippen LogP contribution in [0.2, 0.25) is 0 Å². The molecule has 0 spiro atoms. The first-order valence-electron chi connectivity index (χ1n) is 7.49. The Hall–Kier alpha value is -0.660. The highest BCUT2D eigenvalue weighted by molar-refractivity contribution is 8.01. The van der Waals surface area contributed by atoms with Gasteiger partial charge in [0.25, 0.3) is 0 Å². The average molecular weight is 329 g/mol. The predicted molar refractivity (Wildman–Crippen MR) is 85.8 cm³/mol. The van der Waals surface area contributed by atoms with Crippen molar-refractivity contribution in [3.8, 4) is 0 Å².